The van der Waals surface area contributed by atoms with Gasteiger partial charge in [0.1, 0.15) is 5.78 Å². The summed E-state index contributed by atoms with van der Waals surface area (Å²) in [6, 6.07) is 0.546. The number of ketones is 1. The molecule has 76 valence electrons. The third kappa shape index (κ3) is 3.47. The van der Waals surface area contributed by atoms with Crippen LogP contribution in [0.15, 0.2) is 0 Å². The Morgan fingerprint density at radius 1 is 1.46 bits per heavy atom. The summed E-state index contributed by atoms with van der Waals surface area (Å²) in [5.41, 5.74) is 0. The minimum absolute atomic E-state index is 0.451. The SMILES string of the molecule is CCCCCN(C)C1CCC(=O)C1. The molecule has 0 saturated heterocycles. The zero-order valence-electron chi connectivity index (χ0n) is 8.88. The Morgan fingerprint density at radius 2 is 2.23 bits per heavy atom. The van der Waals surface area contributed by atoms with Crippen LogP contribution < -0.4 is 0 Å². The second-order valence-electron chi connectivity index (χ2n) is 4.12. The van der Waals surface area contributed by atoms with E-state index in [9.17, 15) is 4.79 Å². The Labute approximate surface area is 81.3 Å². The summed E-state index contributed by atoms with van der Waals surface area (Å²) < 4.78 is 0. The number of nitrogens with zero attached hydrogens (tertiary/aromatic N) is 1. The molecule has 1 rings (SSSR count). The van der Waals surface area contributed by atoms with Gasteiger partial charge in [-0.2, -0.15) is 0 Å². The highest BCUT2D eigenvalue weighted by atomic mass is 16.1. The third-order valence-electron chi connectivity index (χ3n) is 2.96. The predicted octanol–water partition coefficient (Wildman–Crippen LogP) is 2.23. The summed E-state index contributed by atoms with van der Waals surface area (Å²) in [6.07, 6.45) is 6.55. The molecule has 2 heteroatoms. The Bertz CT molecular complexity index is 167. The van der Waals surface area contributed by atoms with Gasteiger partial charge in [-0.05, 0) is 26.4 Å². The number of rotatable bonds is 5. The van der Waals surface area contributed by atoms with Gasteiger partial charge in [0.15, 0.2) is 0 Å². The second-order valence-corrected chi connectivity index (χ2v) is 4.12. The summed E-state index contributed by atoms with van der Waals surface area (Å²) in [4.78, 5) is 13.4. The van der Waals surface area contributed by atoms with Gasteiger partial charge in [0.25, 0.3) is 0 Å². The molecule has 1 fully saturated rings. The van der Waals surface area contributed by atoms with E-state index in [0.29, 0.717) is 11.8 Å². The van der Waals surface area contributed by atoms with E-state index in [4.69, 9.17) is 0 Å². The van der Waals surface area contributed by atoms with Gasteiger partial charge in [-0.25, -0.2) is 0 Å². The first-order chi connectivity index (χ1) is 6.24. The molecular formula is C11H21NO. The van der Waals surface area contributed by atoms with Crippen LogP contribution in [-0.4, -0.2) is 30.3 Å². The zero-order valence-corrected chi connectivity index (χ0v) is 8.88. The molecule has 0 N–H and O–H groups in total. The maximum absolute atomic E-state index is 11.1. The van der Waals surface area contributed by atoms with Crippen LogP contribution in [0.25, 0.3) is 0 Å². The van der Waals surface area contributed by atoms with Gasteiger partial charge >= 0.3 is 0 Å². The van der Waals surface area contributed by atoms with Gasteiger partial charge in [-0.15, -0.1) is 0 Å². The molecule has 1 aliphatic rings. The number of carbonyl (C=O) groups is 1. The van der Waals surface area contributed by atoms with Crippen LogP contribution in [0.4, 0.5) is 0 Å². The first kappa shape index (κ1) is 10.7. The maximum Gasteiger partial charge on any atom is 0.134 e. The van der Waals surface area contributed by atoms with Crippen molar-refractivity contribution >= 4 is 5.78 Å². The number of hydrogen-bond acceptors (Lipinski definition) is 2. The summed E-state index contributed by atoms with van der Waals surface area (Å²) in [5.74, 6) is 0.451. The fraction of sp³-hybridized carbons (Fsp3) is 0.909. The van der Waals surface area contributed by atoms with Crippen LogP contribution in [0.5, 0.6) is 0 Å². The Morgan fingerprint density at radius 3 is 2.77 bits per heavy atom. The first-order valence-corrected chi connectivity index (χ1v) is 5.46. The molecule has 1 aliphatic carbocycles. The maximum atomic E-state index is 11.1. The number of hydrogen-bond donors (Lipinski definition) is 0. The van der Waals surface area contributed by atoms with Crippen molar-refractivity contribution in [3.05, 3.63) is 0 Å². The molecule has 1 atom stereocenters. The zero-order chi connectivity index (χ0) is 9.68. The molecule has 0 bridgehead atoms. The highest BCUT2D eigenvalue weighted by molar-refractivity contribution is 5.81. The van der Waals surface area contributed by atoms with Gasteiger partial charge in [-0.3, -0.25) is 4.79 Å². The highest BCUT2D eigenvalue weighted by Gasteiger charge is 2.24. The largest absolute Gasteiger partial charge is 0.303 e. The van der Waals surface area contributed by atoms with Gasteiger partial charge in [0.05, 0.1) is 0 Å². The van der Waals surface area contributed by atoms with E-state index in [-0.39, 0.29) is 0 Å². The van der Waals surface area contributed by atoms with Crippen molar-refractivity contribution < 1.29 is 4.79 Å². The molecule has 1 unspecified atom stereocenters. The van der Waals surface area contributed by atoms with Crippen molar-refractivity contribution in [1.29, 1.82) is 0 Å². The van der Waals surface area contributed by atoms with Crippen LogP contribution in [0.3, 0.4) is 0 Å². The average Bonchev–Trinajstić information content (AvgIpc) is 2.52. The molecule has 0 amide bonds. The smallest absolute Gasteiger partial charge is 0.134 e. The van der Waals surface area contributed by atoms with Crippen molar-refractivity contribution in [3.8, 4) is 0 Å². The third-order valence-corrected chi connectivity index (χ3v) is 2.96. The van der Waals surface area contributed by atoms with Gasteiger partial charge < -0.3 is 4.90 Å². The van der Waals surface area contributed by atoms with E-state index in [1.165, 1.54) is 19.3 Å². The van der Waals surface area contributed by atoms with E-state index >= 15 is 0 Å². The topological polar surface area (TPSA) is 20.3 Å². The van der Waals surface area contributed by atoms with E-state index in [0.717, 1.165) is 25.8 Å². The van der Waals surface area contributed by atoms with E-state index in [2.05, 4.69) is 18.9 Å². The lowest BCUT2D eigenvalue weighted by atomic mass is 10.2. The molecule has 2 nitrogen and oxygen atoms in total. The van der Waals surface area contributed by atoms with Crippen LogP contribution in [0.1, 0.15) is 45.4 Å². The van der Waals surface area contributed by atoms with Crippen molar-refractivity contribution in [3.63, 3.8) is 0 Å². The van der Waals surface area contributed by atoms with Gasteiger partial charge in [0, 0.05) is 18.9 Å². The van der Waals surface area contributed by atoms with Crippen LogP contribution in [-0.2, 0) is 4.79 Å². The monoisotopic (exact) mass is 183 g/mol. The number of carbonyl (C=O) groups excluding carboxylic acids is 1. The molecule has 0 aromatic heterocycles. The minimum Gasteiger partial charge on any atom is -0.303 e. The Balaban J connectivity index is 2.15. The second kappa shape index (κ2) is 5.38. The first-order valence-electron chi connectivity index (χ1n) is 5.46. The molecular weight excluding hydrogens is 162 g/mol. The van der Waals surface area contributed by atoms with Crippen molar-refractivity contribution in [2.24, 2.45) is 0 Å². The molecule has 0 spiro atoms. The molecule has 0 aromatic rings. The van der Waals surface area contributed by atoms with Crippen molar-refractivity contribution in [2.45, 2.75) is 51.5 Å². The fourth-order valence-electron chi connectivity index (χ4n) is 1.96. The quantitative estimate of drug-likeness (QED) is 0.609. The molecule has 0 radical (unpaired) electrons. The lowest BCUT2D eigenvalue weighted by Crippen LogP contribution is -2.30. The van der Waals surface area contributed by atoms with Crippen molar-refractivity contribution in [2.75, 3.05) is 13.6 Å². The normalized spacial score (nSPS) is 23.0. The summed E-state index contributed by atoms with van der Waals surface area (Å²) in [6.45, 7) is 3.38. The lowest BCUT2D eigenvalue weighted by Gasteiger charge is -2.22. The van der Waals surface area contributed by atoms with E-state index in [1.807, 2.05) is 0 Å². The number of Topliss-reactive ketones (excluding diaryl/α,β-unsaturated/α-hetero) is 1. The lowest BCUT2D eigenvalue weighted by molar-refractivity contribution is -0.117. The molecule has 13 heavy (non-hydrogen) atoms. The summed E-state index contributed by atoms with van der Waals surface area (Å²) >= 11 is 0. The van der Waals surface area contributed by atoms with Crippen molar-refractivity contribution in [1.82, 2.24) is 4.90 Å². The number of unbranched alkanes of at least 4 members (excludes halogenated alkanes) is 2. The summed E-state index contributed by atoms with van der Waals surface area (Å²) in [7, 11) is 2.15. The fourth-order valence-corrected chi connectivity index (χ4v) is 1.96. The van der Waals surface area contributed by atoms with E-state index < -0.39 is 0 Å². The molecule has 0 aromatic carbocycles. The van der Waals surface area contributed by atoms with E-state index in [1.54, 1.807) is 0 Å². The highest BCUT2D eigenvalue weighted by Crippen LogP contribution is 2.19. The molecule has 0 heterocycles. The summed E-state index contributed by atoms with van der Waals surface area (Å²) in [5, 5.41) is 0. The molecule has 1 saturated carbocycles. The molecule has 0 aliphatic heterocycles. The van der Waals surface area contributed by atoms with Crippen LogP contribution in [0, 0.1) is 0 Å². The Hall–Kier alpha value is -0.370. The predicted molar refractivity (Wildman–Crippen MR) is 54.8 cm³/mol. The Kier molecular flexibility index (Phi) is 4.43. The van der Waals surface area contributed by atoms with Gasteiger partial charge in [0.2, 0.25) is 0 Å². The average molecular weight is 183 g/mol. The van der Waals surface area contributed by atoms with Crippen LogP contribution in [0.2, 0.25) is 0 Å². The van der Waals surface area contributed by atoms with Gasteiger partial charge in [-0.1, -0.05) is 19.8 Å². The minimum atomic E-state index is 0.451. The van der Waals surface area contributed by atoms with Crippen LogP contribution >= 0.6 is 0 Å². The standard InChI is InChI=1S/C11H21NO/c1-3-4-5-8-12(2)10-6-7-11(13)9-10/h10H,3-9H2,1-2H3.